The predicted octanol–water partition coefficient (Wildman–Crippen LogP) is 5.43. The summed E-state index contributed by atoms with van der Waals surface area (Å²) in [7, 11) is 10.2. The van der Waals surface area contributed by atoms with Crippen LogP contribution in [0.4, 0.5) is 13.2 Å². The van der Waals surface area contributed by atoms with E-state index in [4.69, 9.17) is 11.6 Å². The molecule has 6 fully saturated rings. The third-order valence-corrected chi connectivity index (χ3v) is 22.3. The summed E-state index contributed by atoms with van der Waals surface area (Å²) in [5, 5.41) is 20.8. The Morgan fingerprint density at radius 2 is 1.22 bits per heavy atom. The fourth-order valence-electron chi connectivity index (χ4n) is 15.7. The molecule has 0 bridgehead atoms. The largest absolute Gasteiger partial charge is 0.417 e. The number of rotatable bonds is 10. The Morgan fingerprint density at radius 3 is 1.81 bits per heavy atom. The highest BCUT2D eigenvalue weighted by atomic mass is 35.5. The molecule has 7 rings (SSSR count). The lowest BCUT2D eigenvalue weighted by Gasteiger charge is -2.44. The van der Waals surface area contributed by atoms with Crippen LogP contribution in [0.5, 0.6) is 0 Å². The van der Waals surface area contributed by atoms with Crippen LogP contribution in [0.1, 0.15) is 180 Å². The van der Waals surface area contributed by atoms with E-state index in [9.17, 15) is 47.0 Å². The van der Waals surface area contributed by atoms with Gasteiger partial charge in [-0.25, -0.2) is 0 Å². The summed E-state index contributed by atoms with van der Waals surface area (Å²) in [4.78, 5) is 176. The van der Waals surface area contributed by atoms with Gasteiger partial charge in [-0.15, -0.1) is 0 Å². The van der Waals surface area contributed by atoms with Crippen LogP contribution in [-0.2, 0) is 65.3 Å². The molecule has 1 aromatic carbocycles. The van der Waals surface area contributed by atoms with Gasteiger partial charge in [-0.05, 0) is 138 Å². The van der Waals surface area contributed by atoms with Crippen LogP contribution in [0.2, 0.25) is 5.02 Å². The highest BCUT2D eigenvalue weighted by Crippen LogP contribution is 2.39. The number of nitrogens with one attached hydrogen (secondary N) is 3. The Morgan fingerprint density at radius 1 is 0.646 bits per heavy atom. The summed E-state index contributed by atoms with van der Waals surface area (Å²) in [5.74, 6) is -8.06. The number of carbonyl (C=O) groups is 11. The number of aryl methyl sites for hydroxylation is 1. The topological polar surface area (TPSA) is 273 Å². The summed E-state index contributed by atoms with van der Waals surface area (Å²) in [5.41, 5.74) is -2.31. The molecule has 4 N–H and O–H groups in total. The monoisotopic (exact) mass is 1410 g/mol. The van der Waals surface area contributed by atoms with Crippen molar-refractivity contribution in [1.29, 1.82) is 0 Å². The third-order valence-electron chi connectivity index (χ3n) is 22.0. The van der Waals surface area contributed by atoms with Gasteiger partial charge in [-0.2, -0.15) is 13.2 Å². The van der Waals surface area contributed by atoms with E-state index in [1.807, 2.05) is 20.8 Å². The van der Waals surface area contributed by atoms with Gasteiger partial charge >= 0.3 is 6.18 Å². The van der Waals surface area contributed by atoms with Gasteiger partial charge in [0.1, 0.15) is 48.0 Å². The first-order chi connectivity index (χ1) is 46.7. The molecule has 1 unspecified atom stereocenters. The predicted molar refractivity (Wildman–Crippen MR) is 365 cm³/mol. The molecule has 9 atom stereocenters. The Balaban J connectivity index is 1.28. The summed E-state index contributed by atoms with van der Waals surface area (Å²) >= 11 is 6.15. The summed E-state index contributed by atoms with van der Waals surface area (Å²) in [6.45, 7) is 6.65. The van der Waals surface area contributed by atoms with Gasteiger partial charge in [-0.3, -0.25) is 57.6 Å². The average molecular weight is 1420 g/mol. The van der Waals surface area contributed by atoms with Crippen molar-refractivity contribution in [3.05, 3.63) is 34.3 Å². The van der Waals surface area contributed by atoms with E-state index in [1.165, 1.54) is 70.7 Å². The second kappa shape index (κ2) is 35.3. The normalized spacial score (nSPS) is 27.9. The quantitative estimate of drug-likeness (QED) is 0.228. The van der Waals surface area contributed by atoms with Crippen LogP contribution in [0.25, 0.3) is 0 Å². The highest BCUT2D eigenvalue weighted by molar-refractivity contribution is 6.31. The Hall–Kier alpha value is -6.61. The first kappa shape index (κ1) is 79.7. The van der Waals surface area contributed by atoms with Gasteiger partial charge in [0.2, 0.25) is 65.0 Å². The molecule has 0 aromatic heterocycles. The SMILES string of the molecule is CC[C@H](C)[C@@H]1NC(=O)[C@H](CC(C)C)N(C)C(O)C[C@@H](C(=O)N2CCCCC2)N(C)C(=O)[C@H](C2CCCCC2)N(C)C(=O)C2(CCCC2)NC(=O)[C@@H]2CCCN2C(=O)[C@H](CCc2ccc(C(F)(F)F)c(Cl)c2)NC(=O)CN(C)C(=O)[C@H](C2CCCC2)N(C)C(=O)CN(C)C(=O)CN(C)C1=O. The van der Waals surface area contributed by atoms with Crippen molar-refractivity contribution in [2.24, 2.45) is 23.7 Å². The fourth-order valence-corrected chi connectivity index (χ4v) is 16.0. The zero-order chi connectivity index (χ0) is 73.0. The number of alkyl halides is 3. The second-order valence-corrected chi connectivity index (χ2v) is 30.0. The molecule has 3 aliphatic carbocycles. The molecule has 3 saturated heterocycles. The molecule has 99 heavy (non-hydrogen) atoms. The van der Waals surface area contributed by atoms with E-state index in [0.717, 1.165) is 60.5 Å². The van der Waals surface area contributed by atoms with Crippen molar-refractivity contribution in [3.63, 3.8) is 0 Å². The van der Waals surface area contributed by atoms with E-state index >= 15 is 24.0 Å². The number of amides is 11. The number of hydrogen-bond acceptors (Lipinski definition) is 13. The Bertz CT molecular complexity index is 3050. The number of hydrogen-bond donors (Lipinski definition) is 4. The Kier molecular flexibility index (Phi) is 28.4. The molecule has 3 heterocycles. The molecule has 1 aromatic rings. The van der Waals surface area contributed by atoms with Crippen molar-refractivity contribution in [2.45, 2.75) is 236 Å². The molecule has 11 amide bonds. The summed E-state index contributed by atoms with van der Waals surface area (Å²) < 4.78 is 41.6. The minimum absolute atomic E-state index is 0.0460. The highest BCUT2D eigenvalue weighted by Gasteiger charge is 2.52. The molecule has 3 saturated carbocycles. The molecule has 554 valence electrons. The van der Waals surface area contributed by atoms with Gasteiger partial charge in [0.25, 0.3) is 0 Å². The number of aliphatic hydroxyl groups excluding tert-OH is 1. The number of benzene rings is 1. The Labute approximate surface area is 587 Å². The molecule has 0 radical (unpaired) electrons. The smallest absolute Gasteiger partial charge is 0.378 e. The molecule has 6 aliphatic rings. The van der Waals surface area contributed by atoms with Crippen LogP contribution in [0.3, 0.4) is 0 Å². The number of piperidine rings is 1. The molecular formula is C71H110ClF3N12O12. The van der Waals surface area contributed by atoms with Gasteiger partial charge in [0.05, 0.1) is 36.3 Å². The fraction of sp³-hybridized carbons (Fsp3) is 0.761. The lowest BCUT2D eigenvalue weighted by molar-refractivity contribution is -0.157. The molecular weight excluding hydrogens is 1310 g/mol. The maximum Gasteiger partial charge on any atom is 0.417 e. The second-order valence-electron chi connectivity index (χ2n) is 29.6. The maximum absolute atomic E-state index is 15.8. The molecule has 24 nitrogen and oxygen atoms in total. The summed E-state index contributed by atoms with van der Waals surface area (Å²) in [6.07, 6.45) is 4.16. The van der Waals surface area contributed by atoms with Gasteiger partial charge in [0.15, 0.2) is 0 Å². The number of halogens is 4. The van der Waals surface area contributed by atoms with Crippen LogP contribution < -0.4 is 16.0 Å². The molecule has 1 spiro atoms. The molecule has 28 heteroatoms. The lowest BCUT2D eigenvalue weighted by Crippen LogP contribution is -2.65. The van der Waals surface area contributed by atoms with Crippen LogP contribution in [0.15, 0.2) is 18.2 Å². The standard InChI is InChI=1S/C71H110ClF3N12O12/c1-12-45(4)59-66(96)81(7)42-57(90)79(5)43-58(91)84(10)60(47-26-17-18-27-47)67(97)80(6)41-55(88)76-51(32-30-46-29-31-49(50(72)39-46)71(73,74)75)64(94)87-37-23-28-52(87)63(93)78-70(33-19-20-34-70)69(99)85(11)61(48-24-15-13-16-25-48)68(98)83(9)54(65(95)86-35-21-14-22-36-86)40-56(89)82(8)53(38-44(2)3)62(92)77-59/h29,31,39,44-45,47-48,51-54,56,59-61,89H,12-28,30,32-38,40-43H2,1-11H3,(H,76,88)(H,77,92)(H,78,93)/t45-,51-,52-,53-,54-,56?,59-,60-,61-/m0/s1. The minimum atomic E-state index is -4.75. The first-order valence-electron chi connectivity index (χ1n) is 36.0. The van der Waals surface area contributed by atoms with Gasteiger partial charge in [-0.1, -0.05) is 96.7 Å². The third kappa shape index (κ3) is 19.7. The van der Waals surface area contributed by atoms with Crippen LogP contribution >= 0.6 is 11.6 Å². The zero-order valence-electron chi connectivity index (χ0n) is 60.1. The zero-order valence-corrected chi connectivity index (χ0v) is 60.9. The van der Waals surface area contributed by atoms with Crippen molar-refractivity contribution in [2.75, 3.05) is 88.6 Å². The van der Waals surface area contributed by atoms with Crippen LogP contribution in [-0.4, -0.2) is 257 Å². The molecule has 3 aliphatic heterocycles. The first-order valence-corrected chi connectivity index (χ1v) is 36.4. The lowest BCUT2D eigenvalue weighted by atomic mass is 9.81. The number of likely N-dealkylation sites (N-methyl/N-ethyl adjacent to an activating group) is 7. The minimum Gasteiger partial charge on any atom is -0.378 e. The maximum atomic E-state index is 15.8. The van der Waals surface area contributed by atoms with E-state index in [2.05, 4.69) is 16.0 Å². The van der Waals surface area contributed by atoms with Crippen molar-refractivity contribution >= 4 is 76.6 Å². The summed E-state index contributed by atoms with van der Waals surface area (Å²) in [6, 6.07) is -5.20. The number of fused-ring (bicyclic) bond motifs is 1. The van der Waals surface area contributed by atoms with E-state index in [1.54, 1.807) is 25.9 Å². The van der Waals surface area contributed by atoms with E-state index in [0.29, 0.717) is 82.9 Å². The number of carbonyl (C=O) groups excluding carboxylic acids is 11. The van der Waals surface area contributed by atoms with Crippen LogP contribution in [0, 0.1) is 23.7 Å². The van der Waals surface area contributed by atoms with E-state index < -0.39 is 161 Å². The van der Waals surface area contributed by atoms with E-state index in [-0.39, 0.29) is 69.2 Å². The van der Waals surface area contributed by atoms with Crippen molar-refractivity contribution in [1.82, 2.24) is 60.0 Å². The number of aliphatic hydroxyl groups is 1. The number of likely N-dealkylation sites (tertiary alicyclic amines) is 1. The van der Waals surface area contributed by atoms with Gasteiger partial charge < -0.3 is 60.3 Å². The van der Waals surface area contributed by atoms with Gasteiger partial charge in [0, 0.05) is 68.3 Å². The van der Waals surface area contributed by atoms with Crippen molar-refractivity contribution in [3.8, 4) is 0 Å². The average Bonchev–Trinajstić information content (AvgIpc) is 1.77. The van der Waals surface area contributed by atoms with Crippen molar-refractivity contribution < 1.29 is 71.0 Å². The number of nitrogens with zero attached hydrogens (tertiary/aromatic N) is 9.